The molecule has 1 unspecified atom stereocenters. The molecule has 1 saturated heterocycles. The van der Waals surface area contributed by atoms with Crippen LogP contribution in [-0.4, -0.2) is 65.7 Å². The van der Waals surface area contributed by atoms with Gasteiger partial charge in [-0.3, -0.25) is 4.79 Å². The summed E-state index contributed by atoms with van der Waals surface area (Å²) in [6, 6.07) is 8.26. The molecule has 1 heterocycles. The minimum atomic E-state index is -4.08. The molecular weight excluding hydrogens is 406 g/mol. The predicted molar refractivity (Wildman–Crippen MR) is 113 cm³/mol. The van der Waals surface area contributed by atoms with Crippen LogP contribution in [0.3, 0.4) is 0 Å². The molecule has 3 rings (SSSR count). The molecule has 0 N–H and O–H groups in total. The van der Waals surface area contributed by atoms with Crippen molar-refractivity contribution in [3.05, 3.63) is 35.9 Å². The number of rotatable bonds is 3. The van der Waals surface area contributed by atoms with E-state index in [-0.39, 0.29) is 18.4 Å². The Labute approximate surface area is 179 Å². The van der Waals surface area contributed by atoms with E-state index in [2.05, 4.69) is 0 Å². The van der Waals surface area contributed by atoms with Gasteiger partial charge in [-0.15, -0.1) is 0 Å². The summed E-state index contributed by atoms with van der Waals surface area (Å²) in [4.78, 5) is 27.0. The molecule has 2 fully saturated rings. The third-order valence-corrected chi connectivity index (χ3v) is 7.45. The molecule has 0 spiro atoms. The van der Waals surface area contributed by atoms with Gasteiger partial charge in [0.2, 0.25) is 5.91 Å². The molecule has 0 aromatic heterocycles. The molecule has 1 aliphatic carbocycles. The number of carbonyl (C=O) groups is 2. The third kappa shape index (κ3) is 4.46. The van der Waals surface area contributed by atoms with E-state index in [0.29, 0.717) is 19.3 Å². The van der Waals surface area contributed by atoms with E-state index in [4.69, 9.17) is 4.74 Å². The second kappa shape index (κ2) is 8.19. The third-order valence-electron chi connectivity index (χ3n) is 5.54. The standard InChI is InChI=1S/C21H31N3O5S/c1-21(2,3)29-20(26)24-17-12-11-16(19(25)22(4)5)13-18(17)23(30(24,27)28)14-15-9-7-6-8-10-15/h6-10,16-18H,11-14H2,1-5H3/t16-,17-,18?/m0/s1. The van der Waals surface area contributed by atoms with Crippen molar-refractivity contribution in [2.45, 2.75) is 64.3 Å². The number of hydrogen-bond acceptors (Lipinski definition) is 5. The van der Waals surface area contributed by atoms with E-state index >= 15 is 0 Å². The highest BCUT2D eigenvalue weighted by molar-refractivity contribution is 7.87. The highest BCUT2D eigenvalue weighted by Gasteiger charge is 2.57. The van der Waals surface area contributed by atoms with Crippen molar-refractivity contribution in [2.75, 3.05) is 14.1 Å². The summed E-state index contributed by atoms with van der Waals surface area (Å²) >= 11 is 0. The first-order chi connectivity index (χ1) is 13.9. The van der Waals surface area contributed by atoms with Gasteiger partial charge in [-0.05, 0) is 45.6 Å². The zero-order valence-corrected chi connectivity index (χ0v) is 19.1. The Balaban J connectivity index is 1.96. The minimum absolute atomic E-state index is 0.0128. The lowest BCUT2D eigenvalue weighted by atomic mass is 9.81. The van der Waals surface area contributed by atoms with Crippen molar-refractivity contribution in [1.29, 1.82) is 0 Å². The van der Waals surface area contributed by atoms with Crippen molar-refractivity contribution in [3.8, 4) is 0 Å². The van der Waals surface area contributed by atoms with Gasteiger partial charge < -0.3 is 9.64 Å². The zero-order valence-electron chi connectivity index (χ0n) is 18.2. The van der Waals surface area contributed by atoms with Crippen LogP contribution in [-0.2, 0) is 26.3 Å². The summed E-state index contributed by atoms with van der Waals surface area (Å²) in [6.07, 6.45) is 0.489. The van der Waals surface area contributed by atoms with Gasteiger partial charge in [0.15, 0.2) is 0 Å². The minimum Gasteiger partial charge on any atom is -0.443 e. The van der Waals surface area contributed by atoms with Crippen molar-refractivity contribution in [2.24, 2.45) is 5.92 Å². The highest BCUT2D eigenvalue weighted by atomic mass is 32.2. The van der Waals surface area contributed by atoms with Gasteiger partial charge in [0.1, 0.15) is 5.60 Å². The van der Waals surface area contributed by atoms with Gasteiger partial charge in [0, 0.05) is 32.6 Å². The predicted octanol–water partition coefficient (Wildman–Crippen LogP) is 2.61. The van der Waals surface area contributed by atoms with Crippen LogP contribution in [0.1, 0.15) is 45.6 Å². The molecule has 30 heavy (non-hydrogen) atoms. The molecule has 2 amide bonds. The Morgan fingerprint density at radius 1 is 1.10 bits per heavy atom. The number of hydrogen-bond donors (Lipinski definition) is 0. The molecule has 1 aromatic carbocycles. The van der Waals surface area contributed by atoms with Crippen LogP contribution in [0.5, 0.6) is 0 Å². The smallest absolute Gasteiger partial charge is 0.425 e. The van der Waals surface area contributed by atoms with Gasteiger partial charge >= 0.3 is 16.3 Å². The van der Waals surface area contributed by atoms with Crippen LogP contribution < -0.4 is 0 Å². The van der Waals surface area contributed by atoms with Crippen LogP contribution in [0.4, 0.5) is 4.79 Å². The van der Waals surface area contributed by atoms with Crippen LogP contribution in [0.2, 0.25) is 0 Å². The van der Waals surface area contributed by atoms with E-state index in [0.717, 1.165) is 9.87 Å². The second-order valence-corrected chi connectivity index (χ2v) is 11.0. The normalized spacial score (nSPS) is 26.2. The van der Waals surface area contributed by atoms with E-state index in [1.165, 1.54) is 4.31 Å². The molecular formula is C21H31N3O5S. The average molecular weight is 438 g/mol. The monoisotopic (exact) mass is 437 g/mol. The van der Waals surface area contributed by atoms with E-state index in [1.807, 2.05) is 30.3 Å². The fourth-order valence-electron chi connectivity index (χ4n) is 4.26. The summed E-state index contributed by atoms with van der Waals surface area (Å²) in [5.74, 6) is -0.283. The number of amides is 2. The van der Waals surface area contributed by atoms with Crippen LogP contribution in [0.25, 0.3) is 0 Å². The molecule has 9 heteroatoms. The van der Waals surface area contributed by atoms with Gasteiger partial charge in [-0.25, -0.2) is 4.79 Å². The fourth-order valence-corrected chi connectivity index (χ4v) is 6.18. The van der Waals surface area contributed by atoms with Gasteiger partial charge in [0.05, 0.1) is 6.04 Å². The Hall–Kier alpha value is -2.13. The maximum atomic E-state index is 13.5. The van der Waals surface area contributed by atoms with Crippen molar-refractivity contribution in [3.63, 3.8) is 0 Å². The molecule has 0 radical (unpaired) electrons. The largest absolute Gasteiger partial charge is 0.443 e. The Kier molecular flexibility index (Phi) is 6.15. The summed E-state index contributed by atoms with van der Waals surface area (Å²) in [7, 11) is -0.677. The molecule has 1 saturated carbocycles. The van der Waals surface area contributed by atoms with Gasteiger partial charge in [-0.2, -0.15) is 17.0 Å². The highest BCUT2D eigenvalue weighted by Crippen LogP contribution is 2.41. The first-order valence-corrected chi connectivity index (χ1v) is 11.6. The van der Waals surface area contributed by atoms with Crippen LogP contribution in [0, 0.1) is 5.92 Å². The van der Waals surface area contributed by atoms with Gasteiger partial charge in [0.25, 0.3) is 0 Å². The molecule has 2 aliphatic rings. The van der Waals surface area contributed by atoms with Crippen molar-refractivity contribution in [1.82, 2.24) is 13.5 Å². The Morgan fingerprint density at radius 2 is 1.73 bits per heavy atom. The number of nitrogens with zero attached hydrogens (tertiary/aromatic N) is 3. The molecule has 1 aliphatic heterocycles. The maximum Gasteiger partial charge on any atom is 0.425 e. The lowest BCUT2D eigenvalue weighted by molar-refractivity contribution is -0.134. The molecule has 166 valence electrons. The topological polar surface area (TPSA) is 87.2 Å². The fraction of sp³-hybridized carbons (Fsp3) is 0.619. The zero-order chi connectivity index (χ0) is 22.3. The Bertz CT molecular complexity index is 895. The van der Waals surface area contributed by atoms with E-state index in [9.17, 15) is 18.0 Å². The molecule has 0 bridgehead atoms. The first kappa shape index (κ1) is 22.6. The summed E-state index contributed by atoms with van der Waals surface area (Å²) in [6.45, 7) is 5.27. The van der Waals surface area contributed by atoms with Gasteiger partial charge in [-0.1, -0.05) is 30.3 Å². The molecule has 3 atom stereocenters. The average Bonchev–Trinajstić information content (AvgIpc) is 2.86. The SMILES string of the molecule is CN(C)C(=O)[C@H]1CC[C@H]2C(C1)N(Cc1ccccc1)S(=O)(=O)N2C(=O)OC(C)(C)C. The molecule has 1 aromatic rings. The maximum absolute atomic E-state index is 13.5. The number of benzene rings is 1. The van der Waals surface area contributed by atoms with E-state index in [1.54, 1.807) is 39.8 Å². The number of carbonyl (C=O) groups excluding carboxylic acids is 2. The molecule has 8 nitrogen and oxygen atoms in total. The lowest BCUT2D eigenvalue weighted by Crippen LogP contribution is -2.47. The second-order valence-electron chi connectivity index (χ2n) is 9.19. The first-order valence-electron chi connectivity index (χ1n) is 10.2. The van der Waals surface area contributed by atoms with Crippen molar-refractivity contribution < 1.29 is 22.7 Å². The summed E-state index contributed by atoms with van der Waals surface area (Å²) < 4.78 is 34.6. The summed E-state index contributed by atoms with van der Waals surface area (Å²) in [5.41, 5.74) is 0.0134. The van der Waals surface area contributed by atoms with E-state index < -0.39 is 34.0 Å². The quantitative estimate of drug-likeness (QED) is 0.725. The summed E-state index contributed by atoms with van der Waals surface area (Å²) in [5, 5.41) is 0. The van der Waals surface area contributed by atoms with Crippen LogP contribution >= 0.6 is 0 Å². The number of ether oxygens (including phenoxy) is 1. The van der Waals surface area contributed by atoms with Crippen molar-refractivity contribution >= 4 is 22.2 Å². The van der Waals surface area contributed by atoms with Crippen LogP contribution in [0.15, 0.2) is 30.3 Å². The Morgan fingerprint density at radius 3 is 2.30 bits per heavy atom. The lowest BCUT2D eigenvalue weighted by Gasteiger charge is -2.35. The number of fused-ring (bicyclic) bond motifs is 1.